The molecule has 8 heteroatoms. The Labute approximate surface area is 125 Å². The predicted molar refractivity (Wildman–Crippen MR) is 79.6 cm³/mol. The number of piperidine rings is 1. The summed E-state index contributed by atoms with van der Waals surface area (Å²) in [5.41, 5.74) is 2.07. The van der Waals surface area contributed by atoms with E-state index in [-0.39, 0.29) is 11.9 Å². The molecule has 2 heterocycles. The normalized spacial score (nSPS) is 20.5. The van der Waals surface area contributed by atoms with Crippen molar-refractivity contribution < 1.29 is 13.2 Å². The van der Waals surface area contributed by atoms with Crippen molar-refractivity contribution in [3.8, 4) is 0 Å². The highest BCUT2D eigenvalue weighted by molar-refractivity contribution is 7.88. The van der Waals surface area contributed by atoms with Gasteiger partial charge in [0, 0.05) is 31.9 Å². The standard InChI is InChI=1S/C13H22N4O3S/c1-9-12(10(2)16(3)15-9)13(18)14-11-6-5-7-17(8-11)21(4,19)20/h11H,5-8H2,1-4H3,(H,14,18). The number of carbonyl (C=O) groups is 1. The van der Waals surface area contributed by atoms with Gasteiger partial charge < -0.3 is 5.32 Å². The monoisotopic (exact) mass is 314 g/mol. The largest absolute Gasteiger partial charge is 0.348 e. The van der Waals surface area contributed by atoms with Gasteiger partial charge in [0.2, 0.25) is 10.0 Å². The molecule has 0 radical (unpaired) electrons. The van der Waals surface area contributed by atoms with E-state index in [4.69, 9.17) is 0 Å². The molecule has 0 saturated carbocycles. The molecule has 1 N–H and O–H groups in total. The zero-order valence-electron chi connectivity index (χ0n) is 12.9. The van der Waals surface area contributed by atoms with Gasteiger partial charge in [-0.1, -0.05) is 0 Å². The summed E-state index contributed by atoms with van der Waals surface area (Å²) in [5.74, 6) is -0.182. The number of aryl methyl sites for hydroxylation is 2. The maximum absolute atomic E-state index is 12.4. The lowest BCUT2D eigenvalue weighted by Gasteiger charge is -2.31. The first-order valence-electron chi connectivity index (χ1n) is 6.96. The molecule has 1 aromatic heterocycles. The molecule has 1 aliphatic rings. The minimum Gasteiger partial charge on any atom is -0.348 e. The minimum absolute atomic E-state index is 0.153. The fourth-order valence-electron chi connectivity index (χ4n) is 2.72. The molecule has 1 amide bonds. The number of nitrogens with one attached hydrogen (secondary N) is 1. The molecular weight excluding hydrogens is 292 g/mol. The van der Waals surface area contributed by atoms with Crippen LogP contribution in [0.2, 0.25) is 0 Å². The second-order valence-electron chi connectivity index (χ2n) is 5.60. The molecule has 2 rings (SSSR count). The highest BCUT2D eigenvalue weighted by atomic mass is 32.2. The van der Waals surface area contributed by atoms with Gasteiger partial charge in [0.15, 0.2) is 0 Å². The van der Waals surface area contributed by atoms with E-state index in [0.717, 1.165) is 18.5 Å². The molecular formula is C13H22N4O3S. The summed E-state index contributed by atoms with van der Waals surface area (Å²) in [6.45, 7) is 4.50. The third-order valence-electron chi connectivity index (χ3n) is 3.92. The zero-order chi connectivity index (χ0) is 15.8. The lowest BCUT2D eigenvalue weighted by Crippen LogP contribution is -2.49. The van der Waals surface area contributed by atoms with Crippen LogP contribution in [-0.4, -0.2) is 53.8 Å². The Hall–Kier alpha value is -1.41. The Morgan fingerprint density at radius 1 is 1.38 bits per heavy atom. The topological polar surface area (TPSA) is 84.3 Å². The molecule has 1 fully saturated rings. The van der Waals surface area contributed by atoms with Crippen molar-refractivity contribution in [3.05, 3.63) is 17.0 Å². The van der Waals surface area contributed by atoms with Crippen LogP contribution >= 0.6 is 0 Å². The lowest BCUT2D eigenvalue weighted by molar-refractivity contribution is 0.0920. The fraction of sp³-hybridized carbons (Fsp3) is 0.692. The average molecular weight is 314 g/mol. The predicted octanol–water partition coefficient (Wildman–Crippen LogP) is 0.191. The summed E-state index contributed by atoms with van der Waals surface area (Å²) >= 11 is 0. The van der Waals surface area contributed by atoms with E-state index in [1.165, 1.54) is 10.6 Å². The lowest BCUT2D eigenvalue weighted by atomic mass is 10.1. The van der Waals surface area contributed by atoms with Gasteiger partial charge in [0.05, 0.1) is 17.5 Å². The highest BCUT2D eigenvalue weighted by Crippen LogP contribution is 2.16. The molecule has 21 heavy (non-hydrogen) atoms. The summed E-state index contributed by atoms with van der Waals surface area (Å²) in [6, 6.07) is -0.153. The molecule has 118 valence electrons. The summed E-state index contributed by atoms with van der Waals surface area (Å²) < 4.78 is 26.3. The van der Waals surface area contributed by atoms with Gasteiger partial charge in [0.1, 0.15) is 0 Å². The highest BCUT2D eigenvalue weighted by Gasteiger charge is 2.28. The molecule has 1 unspecified atom stereocenters. The van der Waals surface area contributed by atoms with Crippen LogP contribution in [-0.2, 0) is 17.1 Å². The number of carbonyl (C=O) groups excluding carboxylic acids is 1. The van der Waals surface area contributed by atoms with Crippen molar-refractivity contribution in [1.82, 2.24) is 19.4 Å². The van der Waals surface area contributed by atoms with Crippen molar-refractivity contribution in [1.29, 1.82) is 0 Å². The molecule has 0 bridgehead atoms. The van der Waals surface area contributed by atoms with E-state index in [9.17, 15) is 13.2 Å². The minimum atomic E-state index is -3.21. The Kier molecular flexibility index (Phi) is 4.38. The van der Waals surface area contributed by atoms with Crippen molar-refractivity contribution in [2.45, 2.75) is 32.7 Å². The summed E-state index contributed by atoms with van der Waals surface area (Å²) in [5, 5.41) is 7.16. The van der Waals surface area contributed by atoms with E-state index < -0.39 is 10.0 Å². The fourth-order valence-corrected chi connectivity index (χ4v) is 3.63. The smallest absolute Gasteiger partial charge is 0.255 e. The number of nitrogens with zero attached hydrogens (tertiary/aromatic N) is 3. The van der Waals surface area contributed by atoms with E-state index in [1.54, 1.807) is 18.7 Å². The molecule has 1 saturated heterocycles. The van der Waals surface area contributed by atoms with Crippen LogP contribution in [0.5, 0.6) is 0 Å². The molecule has 0 spiro atoms. The molecule has 0 aromatic carbocycles. The van der Waals surface area contributed by atoms with Crippen molar-refractivity contribution in [2.75, 3.05) is 19.3 Å². The zero-order valence-corrected chi connectivity index (χ0v) is 13.7. The molecule has 1 atom stereocenters. The van der Waals surface area contributed by atoms with Crippen LogP contribution in [0, 0.1) is 13.8 Å². The van der Waals surface area contributed by atoms with Gasteiger partial charge in [-0.05, 0) is 26.7 Å². The van der Waals surface area contributed by atoms with E-state index in [0.29, 0.717) is 24.3 Å². The van der Waals surface area contributed by atoms with Gasteiger partial charge in [0.25, 0.3) is 5.91 Å². The number of amides is 1. The summed E-state index contributed by atoms with van der Waals surface area (Å²) in [4.78, 5) is 12.4. The molecule has 0 aliphatic carbocycles. The first-order chi connectivity index (χ1) is 9.70. The second kappa shape index (κ2) is 5.76. The first kappa shape index (κ1) is 16.0. The number of rotatable bonds is 3. The quantitative estimate of drug-likeness (QED) is 0.863. The van der Waals surface area contributed by atoms with Crippen LogP contribution in [0.1, 0.15) is 34.6 Å². The Bertz CT molecular complexity index is 651. The average Bonchev–Trinajstić information content (AvgIpc) is 2.62. The Morgan fingerprint density at radius 3 is 2.57 bits per heavy atom. The Balaban J connectivity index is 2.09. The number of hydrogen-bond acceptors (Lipinski definition) is 4. The second-order valence-corrected chi connectivity index (χ2v) is 7.59. The Morgan fingerprint density at radius 2 is 2.05 bits per heavy atom. The van der Waals surface area contributed by atoms with Crippen molar-refractivity contribution >= 4 is 15.9 Å². The number of aromatic nitrogens is 2. The van der Waals surface area contributed by atoms with Gasteiger partial charge in [-0.15, -0.1) is 0 Å². The van der Waals surface area contributed by atoms with Crippen molar-refractivity contribution in [3.63, 3.8) is 0 Å². The van der Waals surface area contributed by atoms with Gasteiger partial charge in [-0.25, -0.2) is 12.7 Å². The van der Waals surface area contributed by atoms with E-state index in [2.05, 4.69) is 10.4 Å². The van der Waals surface area contributed by atoms with Crippen LogP contribution in [0.25, 0.3) is 0 Å². The van der Waals surface area contributed by atoms with E-state index >= 15 is 0 Å². The summed E-state index contributed by atoms with van der Waals surface area (Å²) in [6.07, 6.45) is 2.74. The third-order valence-corrected chi connectivity index (χ3v) is 5.19. The maximum atomic E-state index is 12.4. The molecule has 7 nitrogen and oxygen atoms in total. The van der Waals surface area contributed by atoms with Gasteiger partial charge >= 0.3 is 0 Å². The SMILES string of the molecule is Cc1nn(C)c(C)c1C(=O)NC1CCCN(S(C)(=O)=O)C1. The van der Waals surface area contributed by atoms with Crippen LogP contribution in [0.3, 0.4) is 0 Å². The van der Waals surface area contributed by atoms with Gasteiger partial charge in [-0.2, -0.15) is 5.10 Å². The maximum Gasteiger partial charge on any atom is 0.255 e. The first-order valence-corrected chi connectivity index (χ1v) is 8.81. The van der Waals surface area contributed by atoms with E-state index in [1.807, 2.05) is 6.92 Å². The van der Waals surface area contributed by atoms with Gasteiger partial charge in [-0.3, -0.25) is 9.48 Å². The molecule has 1 aromatic rings. The summed E-state index contributed by atoms with van der Waals surface area (Å²) in [7, 11) is -1.41. The van der Waals surface area contributed by atoms with Crippen molar-refractivity contribution in [2.24, 2.45) is 7.05 Å². The van der Waals surface area contributed by atoms with Crippen LogP contribution < -0.4 is 5.32 Å². The number of sulfonamides is 1. The number of hydrogen-bond donors (Lipinski definition) is 1. The van der Waals surface area contributed by atoms with Crippen LogP contribution in [0.15, 0.2) is 0 Å². The molecule has 1 aliphatic heterocycles. The third kappa shape index (κ3) is 3.44. The van der Waals surface area contributed by atoms with Crippen LogP contribution in [0.4, 0.5) is 0 Å².